The predicted molar refractivity (Wildman–Crippen MR) is 64.0 cm³/mol. The summed E-state index contributed by atoms with van der Waals surface area (Å²) in [5, 5.41) is 0. The van der Waals surface area contributed by atoms with Crippen LogP contribution in [0.25, 0.3) is 11.1 Å². The van der Waals surface area contributed by atoms with Gasteiger partial charge in [0.05, 0.1) is 12.3 Å². The van der Waals surface area contributed by atoms with Crippen LogP contribution in [0.15, 0.2) is 41.3 Å². The molecular weight excluding hydrogens is 224 g/mol. The van der Waals surface area contributed by atoms with Gasteiger partial charge < -0.3 is 4.42 Å². The van der Waals surface area contributed by atoms with E-state index < -0.39 is 0 Å². The number of hydrogen-bond donors (Lipinski definition) is 1. The maximum Gasteiger partial charge on any atom is 0.122 e. The van der Waals surface area contributed by atoms with Crippen LogP contribution in [0, 0.1) is 0 Å². The fraction of sp³-hybridized carbons (Fsp3) is 0.250. The molecule has 0 bridgehead atoms. The van der Waals surface area contributed by atoms with Gasteiger partial charge in [0.1, 0.15) is 5.76 Å². The van der Waals surface area contributed by atoms with Crippen LogP contribution in [0.3, 0.4) is 0 Å². The molecule has 0 fully saturated rings. The molecule has 1 atom stereocenters. The van der Waals surface area contributed by atoms with Crippen LogP contribution in [-0.2, 0) is 0 Å². The third kappa shape index (κ3) is 2.26. The van der Waals surface area contributed by atoms with E-state index in [4.69, 9.17) is 16.2 Å². The minimum Gasteiger partial charge on any atom is -0.467 e. The van der Waals surface area contributed by atoms with Gasteiger partial charge in [0.2, 0.25) is 0 Å². The van der Waals surface area contributed by atoms with Crippen molar-refractivity contribution in [1.29, 1.82) is 0 Å². The van der Waals surface area contributed by atoms with E-state index in [1.54, 1.807) is 18.7 Å². The Morgan fingerprint density at radius 1 is 1.38 bits per heavy atom. The SMILES string of the molecule is CCC(NCl)c1cc(-c2ccncc2)co1. The van der Waals surface area contributed by atoms with Crippen LogP contribution in [0.4, 0.5) is 0 Å². The number of furan rings is 1. The monoisotopic (exact) mass is 236 g/mol. The number of hydrogen-bond acceptors (Lipinski definition) is 3. The Hall–Kier alpha value is -1.32. The van der Waals surface area contributed by atoms with Crippen molar-refractivity contribution < 1.29 is 4.42 Å². The first-order valence-electron chi connectivity index (χ1n) is 5.20. The third-order valence-corrected chi connectivity index (χ3v) is 2.78. The van der Waals surface area contributed by atoms with Gasteiger partial charge in [-0.15, -0.1) is 0 Å². The summed E-state index contributed by atoms with van der Waals surface area (Å²) in [5.41, 5.74) is 2.14. The summed E-state index contributed by atoms with van der Waals surface area (Å²) in [6, 6.07) is 5.95. The molecule has 3 nitrogen and oxygen atoms in total. The van der Waals surface area contributed by atoms with Gasteiger partial charge in [-0.2, -0.15) is 0 Å². The Bertz CT molecular complexity index is 437. The lowest BCUT2D eigenvalue weighted by molar-refractivity contribution is 0.445. The fourth-order valence-corrected chi connectivity index (χ4v) is 1.83. The smallest absolute Gasteiger partial charge is 0.122 e. The Morgan fingerprint density at radius 2 is 2.12 bits per heavy atom. The summed E-state index contributed by atoms with van der Waals surface area (Å²) in [6.07, 6.45) is 6.15. The average Bonchev–Trinajstić information content (AvgIpc) is 2.81. The zero-order valence-electron chi connectivity index (χ0n) is 8.98. The quantitative estimate of drug-likeness (QED) is 0.826. The first-order valence-corrected chi connectivity index (χ1v) is 5.58. The molecule has 1 unspecified atom stereocenters. The van der Waals surface area contributed by atoms with Gasteiger partial charge in [0, 0.05) is 18.0 Å². The molecule has 16 heavy (non-hydrogen) atoms. The van der Waals surface area contributed by atoms with E-state index in [1.807, 2.05) is 18.2 Å². The fourth-order valence-electron chi connectivity index (χ4n) is 1.56. The summed E-state index contributed by atoms with van der Waals surface area (Å²) in [4.78, 5) is 6.68. The summed E-state index contributed by atoms with van der Waals surface area (Å²) < 4.78 is 5.50. The Morgan fingerprint density at radius 3 is 2.75 bits per heavy atom. The van der Waals surface area contributed by atoms with Crippen molar-refractivity contribution in [3.8, 4) is 11.1 Å². The lowest BCUT2D eigenvalue weighted by atomic mass is 10.1. The van der Waals surface area contributed by atoms with Gasteiger partial charge >= 0.3 is 0 Å². The number of pyridine rings is 1. The summed E-state index contributed by atoms with van der Waals surface area (Å²) >= 11 is 5.64. The minimum absolute atomic E-state index is 0.0530. The predicted octanol–water partition coefficient (Wildman–Crippen LogP) is 3.54. The molecule has 0 spiro atoms. The van der Waals surface area contributed by atoms with Crippen molar-refractivity contribution in [2.24, 2.45) is 0 Å². The van der Waals surface area contributed by atoms with Crippen LogP contribution in [0.1, 0.15) is 25.1 Å². The maximum absolute atomic E-state index is 5.64. The molecule has 0 saturated heterocycles. The topological polar surface area (TPSA) is 38.1 Å². The second-order valence-electron chi connectivity index (χ2n) is 3.54. The van der Waals surface area contributed by atoms with E-state index in [0.717, 1.165) is 23.3 Å². The molecule has 4 heteroatoms. The third-order valence-electron chi connectivity index (χ3n) is 2.52. The molecule has 0 aromatic carbocycles. The molecule has 1 N–H and O–H groups in total. The van der Waals surface area contributed by atoms with Crippen LogP contribution < -0.4 is 4.84 Å². The highest BCUT2D eigenvalue weighted by Crippen LogP contribution is 2.26. The molecule has 0 radical (unpaired) electrons. The number of nitrogens with zero attached hydrogens (tertiary/aromatic N) is 1. The molecule has 84 valence electrons. The van der Waals surface area contributed by atoms with E-state index in [1.165, 1.54) is 0 Å². The molecule has 2 aromatic heterocycles. The first-order chi connectivity index (χ1) is 7.85. The van der Waals surface area contributed by atoms with Crippen LogP contribution in [-0.4, -0.2) is 4.98 Å². The van der Waals surface area contributed by atoms with E-state index in [2.05, 4.69) is 16.7 Å². The molecular formula is C12H13ClN2O. The lowest BCUT2D eigenvalue weighted by Crippen LogP contribution is -2.08. The highest BCUT2D eigenvalue weighted by atomic mass is 35.5. The van der Waals surface area contributed by atoms with Gasteiger partial charge in [-0.1, -0.05) is 6.92 Å². The number of aromatic nitrogens is 1. The second-order valence-corrected chi connectivity index (χ2v) is 3.76. The number of rotatable bonds is 4. The lowest BCUT2D eigenvalue weighted by Gasteiger charge is -2.07. The molecule has 0 saturated carbocycles. The van der Waals surface area contributed by atoms with E-state index in [-0.39, 0.29) is 6.04 Å². The highest BCUT2D eigenvalue weighted by Gasteiger charge is 2.12. The van der Waals surface area contributed by atoms with Crippen LogP contribution in [0.5, 0.6) is 0 Å². The van der Waals surface area contributed by atoms with Crippen molar-refractivity contribution in [2.75, 3.05) is 0 Å². The van der Waals surface area contributed by atoms with E-state index in [9.17, 15) is 0 Å². The van der Waals surface area contributed by atoms with Crippen molar-refractivity contribution in [2.45, 2.75) is 19.4 Å². The van der Waals surface area contributed by atoms with Crippen LogP contribution in [0.2, 0.25) is 0 Å². The molecule has 2 aromatic rings. The first kappa shape index (κ1) is 11.2. The zero-order chi connectivity index (χ0) is 11.4. The minimum atomic E-state index is 0.0530. The number of nitrogens with one attached hydrogen (secondary N) is 1. The standard InChI is InChI=1S/C12H13ClN2O/c1-2-11(15-13)12-7-10(8-16-12)9-3-5-14-6-4-9/h3-8,11,15H,2H2,1H3. The van der Waals surface area contributed by atoms with Gasteiger partial charge in [-0.25, -0.2) is 4.84 Å². The number of halogens is 1. The molecule has 0 aliphatic carbocycles. The Balaban J connectivity index is 2.26. The largest absolute Gasteiger partial charge is 0.467 e. The zero-order valence-corrected chi connectivity index (χ0v) is 9.74. The highest BCUT2D eigenvalue weighted by molar-refractivity contribution is 6.13. The molecule has 0 aliphatic rings. The van der Waals surface area contributed by atoms with Crippen molar-refractivity contribution in [3.63, 3.8) is 0 Å². The Labute approximate surface area is 99.6 Å². The normalized spacial score (nSPS) is 12.6. The molecule has 2 heterocycles. The molecule has 2 rings (SSSR count). The summed E-state index contributed by atoms with van der Waals surface area (Å²) in [7, 11) is 0. The van der Waals surface area contributed by atoms with Crippen molar-refractivity contribution in [3.05, 3.63) is 42.6 Å². The Kier molecular flexibility index (Phi) is 3.59. The van der Waals surface area contributed by atoms with Gasteiger partial charge in [0.15, 0.2) is 0 Å². The van der Waals surface area contributed by atoms with Crippen molar-refractivity contribution >= 4 is 11.8 Å². The van der Waals surface area contributed by atoms with Gasteiger partial charge in [0.25, 0.3) is 0 Å². The summed E-state index contributed by atoms with van der Waals surface area (Å²) in [5.74, 6) is 0.851. The maximum atomic E-state index is 5.64. The summed E-state index contributed by atoms with van der Waals surface area (Å²) in [6.45, 7) is 2.05. The van der Waals surface area contributed by atoms with Crippen LogP contribution >= 0.6 is 11.8 Å². The molecule has 0 amide bonds. The van der Waals surface area contributed by atoms with E-state index >= 15 is 0 Å². The van der Waals surface area contributed by atoms with E-state index in [0.29, 0.717) is 0 Å². The van der Waals surface area contributed by atoms with Gasteiger partial charge in [-0.05, 0) is 42.0 Å². The second kappa shape index (κ2) is 5.14. The molecule has 0 aliphatic heterocycles. The van der Waals surface area contributed by atoms with Gasteiger partial charge in [-0.3, -0.25) is 4.98 Å². The van der Waals surface area contributed by atoms with Crippen molar-refractivity contribution in [1.82, 2.24) is 9.82 Å². The average molecular weight is 237 g/mol.